The first-order valence-corrected chi connectivity index (χ1v) is 8.70. The van der Waals surface area contributed by atoms with Crippen molar-refractivity contribution in [3.05, 3.63) is 94.3 Å². The molecule has 7 heteroatoms. The monoisotopic (exact) mass is 396 g/mol. The van der Waals surface area contributed by atoms with Crippen LogP contribution >= 0.6 is 0 Å². The van der Waals surface area contributed by atoms with Crippen molar-refractivity contribution in [3.8, 4) is 0 Å². The van der Waals surface area contributed by atoms with Crippen molar-refractivity contribution in [1.29, 1.82) is 0 Å². The molecule has 0 aliphatic heterocycles. The third-order valence-electron chi connectivity index (χ3n) is 3.98. The predicted octanol–water partition coefficient (Wildman–Crippen LogP) is 3.09. The zero-order valence-electron chi connectivity index (χ0n) is 19.8. The van der Waals surface area contributed by atoms with Crippen LogP contribution in [-0.2, 0) is 13.0 Å². The van der Waals surface area contributed by atoms with Crippen LogP contribution in [0.1, 0.15) is 48.7 Å². The van der Waals surface area contributed by atoms with Gasteiger partial charge in [0.15, 0.2) is 0 Å². The smallest absolute Gasteiger partial charge is 0.270 e. The largest absolute Gasteiger partial charge is 0.347 e. The molecule has 0 spiro atoms. The van der Waals surface area contributed by atoms with E-state index in [2.05, 4.69) is 20.6 Å². The van der Waals surface area contributed by atoms with Gasteiger partial charge in [-0.15, -0.1) is 0 Å². The molecule has 6 nitrogen and oxygen atoms in total. The average Bonchev–Trinajstić information content (AvgIpc) is 2.75. The molecule has 0 fully saturated rings. The Morgan fingerprint density at radius 3 is 2.03 bits per heavy atom. The summed E-state index contributed by atoms with van der Waals surface area (Å²) in [6.07, 6.45) is 0.947. The van der Waals surface area contributed by atoms with Gasteiger partial charge in [0.1, 0.15) is 23.5 Å². The fourth-order valence-corrected chi connectivity index (χ4v) is 2.35. The highest BCUT2D eigenvalue weighted by molar-refractivity contribution is 5.97. The number of carbonyl (C=O) groups is 2. The quantitative estimate of drug-likeness (QED) is 0.671. The zero-order chi connectivity index (χ0) is 24.4. The summed E-state index contributed by atoms with van der Waals surface area (Å²) in [6, 6.07) is 11.1. The van der Waals surface area contributed by atoms with Crippen LogP contribution in [0, 0.1) is 19.7 Å². The Balaban J connectivity index is 1.76. The van der Waals surface area contributed by atoms with E-state index in [-0.39, 0.29) is 28.1 Å². The van der Waals surface area contributed by atoms with Crippen LogP contribution in [-0.4, -0.2) is 21.8 Å². The summed E-state index contributed by atoms with van der Waals surface area (Å²) in [5, 5.41) is 4.38. The Labute approximate surface area is 173 Å². The van der Waals surface area contributed by atoms with E-state index in [0.29, 0.717) is 0 Å². The van der Waals surface area contributed by atoms with Crippen LogP contribution in [0.2, 0.25) is 0 Å². The summed E-state index contributed by atoms with van der Waals surface area (Å²) in [5.41, 5.74) is 0.847. The van der Waals surface area contributed by atoms with Gasteiger partial charge in [0.2, 0.25) is 0 Å². The van der Waals surface area contributed by atoms with Crippen molar-refractivity contribution in [1.82, 2.24) is 20.6 Å². The normalized spacial score (nSPS) is 13.5. The second kappa shape index (κ2) is 9.05. The topological polar surface area (TPSA) is 84.0 Å². The van der Waals surface area contributed by atoms with Crippen molar-refractivity contribution in [2.45, 2.75) is 26.8 Å². The number of halogens is 1. The highest BCUT2D eigenvalue weighted by atomic mass is 19.1. The molecule has 0 bridgehead atoms. The number of hydrogen-bond donors (Lipinski definition) is 2. The van der Waals surface area contributed by atoms with E-state index in [0.717, 1.165) is 24.0 Å². The summed E-state index contributed by atoms with van der Waals surface area (Å²) < 4.78 is 46.0. The van der Waals surface area contributed by atoms with Gasteiger partial charge in [-0.25, -0.2) is 14.4 Å². The summed E-state index contributed by atoms with van der Waals surface area (Å²) in [5.74, 6) is -2.31. The van der Waals surface area contributed by atoms with Crippen molar-refractivity contribution >= 4 is 11.8 Å². The minimum absolute atomic E-state index is 0.0352. The maximum atomic E-state index is 13.5. The molecule has 1 aromatic heterocycles. The maximum Gasteiger partial charge on any atom is 0.270 e. The SMILES string of the molecule is [2H]C([2H])(NC(=O)c1cc(C(=O)NC([2H])([2H])c2ccc(F)c(C)c2)ncn1)c1ccc(C)cc1. The minimum atomic E-state index is -2.34. The third-order valence-corrected chi connectivity index (χ3v) is 3.98. The number of amides is 2. The summed E-state index contributed by atoms with van der Waals surface area (Å²) in [7, 11) is 0. The molecule has 0 aliphatic rings. The first-order valence-electron chi connectivity index (χ1n) is 10.7. The highest BCUT2D eigenvalue weighted by Gasteiger charge is 2.13. The number of rotatable bonds is 6. The van der Waals surface area contributed by atoms with Crippen LogP contribution in [0.5, 0.6) is 0 Å². The van der Waals surface area contributed by atoms with Gasteiger partial charge in [-0.1, -0.05) is 42.0 Å². The molecule has 29 heavy (non-hydrogen) atoms. The van der Waals surface area contributed by atoms with Crippen LogP contribution in [0.3, 0.4) is 0 Å². The van der Waals surface area contributed by atoms with Crippen LogP contribution in [0.25, 0.3) is 0 Å². The molecule has 0 atom stereocenters. The molecule has 3 rings (SSSR count). The standard InChI is InChI=1S/C22H21FN4O2/c1-14-3-5-16(6-4-14)11-24-21(28)19-10-20(27-13-26-19)22(29)25-12-17-7-8-18(23)15(2)9-17/h3-10,13H,11-12H2,1-2H3,(H,24,28)(H,25,29)/i11D2,12D2. The van der Waals surface area contributed by atoms with Crippen molar-refractivity contribution < 1.29 is 19.5 Å². The molecule has 0 saturated heterocycles. The van der Waals surface area contributed by atoms with Crippen molar-refractivity contribution in [2.75, 3.05) is 0 Å². The second-order valence-corrected chi connectivity index (χ2v) is 6.28. The maximum absolute atomic E-state index is 13.5. The summed E-state index contributed by atoms with van der Waals surface area (Å²) in [4.78, 5) is 32.7. The van der Waals surface area contributed by atoms with E-state index in [1.165, 1.54) is 19.1 Å². The number of aryl methyl sites for hydroxylation is 2. The Morgan fingerprint density at radius 2 is 1.45 bits per heavy atom. The lowest BCUT2D eigenvalue weighted by atomic mass is 10.1. The lowest BCUT2D eigenvalue weighted by molar-refractivity contribution is 0.0944. The Morgan fingerprint density at radius 1 is 0.897 bits per heavy atom. The van der Waals surface area contributed by atoms with Crippen molar-refractivity contribution in [3.63, 3.8) is 0 Å². The van der Waals surface area contributed by atoms with Crippen LogP contribution < -0.4 is 10.6 Å². The first-order chi connectivity index (χ1) is 15.4. The summed E-state index contributed by atoms with van der Waals surface area (Å²) in [6.45, 7) is -1.21. The summed E-state index contributed by atoms with van der Waals surface area (Å²) >= 11 is 0. The average molecular weight is 396 g/mol. The molecule has 3 aromatic rings. The van der Waals surface area contributed by atoms with Gasteiger partial charge in [0.25, 0.3) is 11.8 Å². The van der Waals surface area contributed by atoms with Gasteiger partial charge < -0.3 is 10.6 Å². The Hall–Kier alpha value is -3.61. The van der Waals surface area contributed by atoms with E-state index in [1.807, 2.05) is 6.92 Å². The van der Waals surface area contributed by atoms with Gasteiger partial charge in [0, 0.05) is 19.1 Å². The van der Waals surface area contributed by atoms with E-state index in [4.69, 9.17) is 5.48 Å². The van der Waals surface area contributed by atoms with Gasteiger partial charge in [0.05, 0.1) is 5.48 Å². The molecule has 0 aliphatic carbocycles. The number of benzene rings is 2. The van der Waals surface area contributed by atoms with E-state index in [9.17, 15) is 14.0 Å². The zero-order valence-corrected chi connectivity index (χ0v) is 15.8. The number of aromatic nitrogens is 2. The van der Waals surface area contributed by atoms with Gasteiger partial charge in [-0.2, -0.15) is 0 Å². The predicted molar refractivity (Wildman–Crippen MR) is 107 cm³/mol. The number of nitrogens with zero attached hydrogens (tertiary/aromatic N) is 2. The molecular weight excluding hydrogens is 371 g/mol. The lowest BCUT2D eigenvalue weighted by Gasteiger charge is -2.08. The van der Waals surface area contributed by atoms with Gasteiger partial charge >= 0.3 is 0 Å². The number of carbonyl (C=O) groups excluding carboxylic acids is 2. The molecule has 2 N–H and O–H groups in total. The van der Waals surface area contributed by atoms with Gasteiger partial charge in [-0.3, -0.25) is 9.59 Å². The first kappa shape index (κ1) is 15.3. The fraction of sp³-hybridized carbons (Fsp3) is 0.182. The molecule has 1 heterocycles. The van der Waals surface area contributed by atoms with Gasteiger partial charge in [-0.05, 0) is 36.6 Å². The number of nitrogens with one attached hydrogen (secondary N) is 2. The van der Waals surface area contributed by atoms with E-state index in [1.54, 1.807) is 24.3 Å². The molecule has 0 unspecified atom stereocenters. The van der Waals surface area contributed by atoms with E-state index >= 15 is 0 Å². The minimum Gasteiger partial charge on any atom is -0.347 e. The molecule has 0 radical (unpaired) electrons. The molecule has 148 valence electrons. The molecule has 0 saturated carbocycles. The lowest BCUT2D eigenvalue weighted by Crippen LogP contribution is -2.27. The molecule has 2 aromatic carbocycles. The van der Waals surface area contributed by atoms with Crippen molar-refractivity contribution in [2.24, 2.45) is 0 Å². The fourth-order valence-electron chi connectivity index (χ4n) is 2.35. The molecule has 2 amide bonds. The highest BCUT2D eigenvalue weighted by Crippen LogP contribution is 2.09. The van der Waals surface area contributed by atoms with Crippen LogP contribution in [0.15, 0.2) is 54.9 Å². The van der Waals surface area contributed by atoms with E-state index < -0.39 is 30.6 Å². The second-order valence-electron chi connectivity index (χ2n) is 6.28. The Bertz CT molecular complexity index is 1200. The number of hydrogen-bond acceptors (Lipinski definition) is 4. The van der Waals surface area contributed by atoms with Crippen LogP contribution in [0.4, 0.5) is 4.39 Å². The Kier molecular flexibility index (Phi) is 4.79. The molecular formula is C22H21FN4O2. The third kappa shape index (κ3) is 5.44.